The SMILES string of the molecule is NC(CSc1cccc(Br)c1)Cc1ccc(F)cc1F. The molecular formula is C15H14BrF2NS. The molecule has 0 aliphatic carbocycles. The normalized spacial score (nSPS) is 12.4. The van der Waals surface area contributed by atoms with Gasteiger partial charge in [-0.25, -0.2) is 8.78 Å². The third-order valence-corrected chi connectivity index (χ3v) is 4.43. The summed E-state index contributed by atoms with van der Waals surface area (Å²) < 4.78 is 27.3. The molecule has 5 heteroatoms. The average molecular weight is 358 g/mol. The zero-order chi connectivity index (χ0) is 14.5. The smallest absolute Gasteiger partial charge is 0.129 e. The van der Waals surface area contributed by atoms with Crippen LogP contribution in [-0.2, 0) is 6.42 Å². The van der Waals surface area contributed by atoms with Gasteiger partial charge in [-0.1, -0.05) is 28.1 Å². The lowest BCUT2D eigenvalue weighted by molar-refractivity contribution is 0.565. The Balaban J connectivity index is 1.90. The molecule has 1 unspecified atom stereocenters. The first-order valence-electron chi connectivity index (χ1n) is 6.12. The van der Waals surface area contributed by atoms with E-state index in [1.165, 1.54) is 12.1 Å². The number of hydrogen-bond donors (Lipinski definition) is 1. The minimum absolute atomic E-state index is 0.182. The number of halogens is 3. The Bertz CT molecular complexity index is 592. The molecule has 0 fully saturated rings. The van der Waals surface area contributed by atoms with Crippen molar-refractivity contribution < 1.29 is 8.78 Å². The van der Waals surface area contributed by atoms with Gasteiger partial charge in [0.25, 0.3) is 0 Å². The van der Waals surface area contributed by atoms with Crippen LogP contribution in [0, 0.1) is 11.6 Å². The van der Waals surface area contributed by atoms with Crippen molar-refractivity contribution in [1.29, 1.82) is 0 Å². The Morgan fingerprint density at radius 3 is 2.65 bits per heavy atom. The topological polar surface area (TPSA) is 26.0 Å². The van der Waals surface area contributed by atoms with Crippen LogP contribution in [0.4, 0.5) is 8.78 Å². The van der Waals surface area contributed by atoms with Crippen LogP contribution < -0.4 is 5.73 Å². The molecule has 2 N–H and O–H groups in total. The van der Waals surface area contributed by atoms with Crippen molar-refractivity contribution in [3.63, 3.8) is 0 Å². The fraction of sp³-hybridized carbons (Fsp3) is 0.200. The highest BCUT2D eigenvalue weighted by Crippen LogP contribution is 2.23. The van der Waals surface area contributed by atoms with E-state index in [9.17, 15) is 8.78 Å². The summed E-state index contributed by atoms with van der Waals surface area (Å²) in [6.45, 7) is 0. The standard InChI is InChI=1S/C15H14BrF2NS/c16-11-2-1-3-14(7-11)20-9-13(19)6-10-4-5-12(17)8-15(10)18/h1-5,7-8,13H,6,9,19H2. The summed E-state index contributed by atoms with van der Waals surface area (Å²) in [5.74, 6) is -0.427. The quantitative estimate of drug-likeness (QED) is 0.803. The van der Waals surface area contributed by atoms with E-state index in [2.05, 4.69) is 15.9 Å². The van der Waals surface area contributed by atoms with Crippen LogP contribution in [0.2, 0.25) is 0 Å². The molecule has 0 spiro atoms. The summed E-state index contributed by atoms with van der Waals surface area (Å²) in [6, 6.07) is 11.3. The number of thioether (sulfide) groups is 1. The van der Waals surface area contributed by atoms with E-state index in [1.807, 2.05) is 24.3 Å². The highest BCUT2D eigenvalue weighted by molar-refractivity contribution is 9.10. The van der Waals surface area contributed by atoms with Crippen molar-refractivity contribution in [3.05, 3.63) is 64.1 Å². The summed E-state index contributed by atoms with van der Waals surface area (Å²) in [5, 5.41) is 0. The number of hydrogen-bond acceptors (Lipinski definition) is 2. The van der Waals surface area contributed by atoms with Crippen molar-refractivity contribution in [1.82, 2.24) is 0 Å². The molecular weight excluding hydrogens is 344 g/mol. The second-order valence-corrected chi connectivity index (χ2v) is 6.48. The van der Waals surface area contributed by atoms with Gasteiger partial charge >= 0.3 is 0 Å². The second kappa shape index (κ2) is 7.20. The number of rotatable bonds is 5. The zero-order valence-electron chi connectivity index (χ0n) is 10.7. The van der Waals surface area contributed by atoms with Gasteiger partial charge in [0.2, 0.25) is 0 Å². The van der Waals surface area contributed by atoms with Crippen LogP contribution in [0.15, 0.2) is 51.8 Å². The summed E-state index contributed by atoms with van der Waals surface area (Å²) in [7, 11) is 0. The molecule has 2 aromatic rings. The largest absolute Gasteiger partial charge is 0.327 e. The molecule has 0 aliphatic heterocycles. The highest BCUT2D eigenvalue weighted by Gasteiger charge is 2.10. The van der Waals surface area contributed by atoms with Crippen molar-refractivity contribution in [2.75, 3.05) is 5.75 Å². The average Bonchev–Trinajstić information content (AvgIpc) is 2.40. The van der Waals surface area contributed by atoms with Gasteiger partial charge in [-0.15, -0.1) is 11.8 Å². The minimum atomic E-state index is -0.566. The second-order valence-electron chi connectivity index (χ2n) is 4.47. The number of nitrogens with two attached hydrogens (primary N) is 1. The first-order valence-corrected chi connectivity index (χ1v) is 7.90. The van der Waals surface area contributed by atoms with Gasteiger partial charge in [0.15, 0.2) is 0 Å². The Kier molecular flexibility index (Phi) is 5.57. The van der Waals surface area contributed by atoms with Gasteiger partial charge in [0, 0.05) is 27.2 Å². The van der Waals surface area contributed by atoms with Crippen LogP contribution in [0.5, 0.6) is 0 Å². The Hall–Kier alpha value is -0.910. The molecule has 0 heterocycles. The maximum Gasteiger partial charge on any atom is 0.129 e. The Morgan fingerprint density at radius 1 is 1.15 bits per heavy atom. The van der Waals surface area contributed by atoms with Gasteiger partial charge < -0.3 is 5.73 Å². The van der Waals surface area contributed by atoms with Gasteiger partial charge in [-0.2, -0.15) is 0 Å². The molecule has 0 amide bonds. The molecule has 20 heavy (non-hydrogen) atoms. The van der Waals surface area contributed by atoms with Crippen LogP contribution in [0.3, 0.4) is 0 Å². The van der Waals surface area contributed by atoms with E-state index >= 15 is 0 Å². The molecule has 1 atom stereocenters. The fourth-order valence-corrected chi connectivity index (χ4v) is 3.25. The predicted molar refractivity (Wildman–Crippen MR) is 82.9 cm³/mol. The van der Waals surface area contributed by atoms with Crippen molar-refractivity contribution in [2.45, 2.75) is 17.4 Å². The summed E-state index contributed by atoms with van der Waals surface area (Å²) >= 11 is 5.03. The summed E-state index contributed by atoms with van der Waals surface area (Å²) in [5.41, 5.74) is 6.46. The first-order chi connectivity index (χ1) is 9.54. The molecule has 1 nitrogen and oxygen atoms in total. The van der Waals surface area contributed by atoms with Crippen LogP contribution >= 0.6 is 27.7 Å². The van der Waals surface area contributed by atoms with E-state index in [-0.39, 0.29) is 6.04 Å². The van der Waals surface area contributed by atoms with Gasteiger partial charge in [0.05, 0.1) is 0 Å². The number of benzene rings is 2. The van der Waals surface area contributed by atoms with Crippen molar-refractivity contribution >= 4 is 27.7 Å². The molecule has 106 valence electrons. The van der Waals surface area contributed by atoms with Crippen LogP contribution in [0.25, 0.3) is 0 Å². The van der Waals surface area contributed by atoms with Crippen LogP contribution in [0.1, 0.15) is 5.56 Å². The maximum atomic E-state index is 13.5. The molecule has 0 saturated carbocycles. The van der Waals surface area contributed by atoms with E-state index in [0.29, 0.717) is 17.7 Å². The maximum absolute atomic E-state index is 13.5. The Labute approximate surface area is 129 Å². The predicted octanol–water partition coefficient (Wildman–Crippen LogP) is 4.39. The third-order valence-electron chi connectivity index (χ3n) is 2.76. The fourth-order valence-electron chi connectivity index (χ4n) is 1.79. The van der Waals surface area contributed by atoms with Gasteiger partial charge in [-0.3, -0.25) is 0 Å². The van der Waals surface area contributed by atoms with Crippen molar-refractivity contribution in [2.24, 2.45) is 5.73 Å². The highest BCUT2D eigenvalue weighted by atomic mass is 79.9. The summed E-state index contributed by atoms with van der Waals surface area (Å²) in [4.78, 5) is 1.11. The third kappa shape index (κ3) is 4.58. The van der Waals surface area contributed by atoms with Crippen LogP contribution in [-0.4, -0.2) is 11.8 Å². The minimum Gasteiger partial charge on any atom is -0.327 e. The first kappa shape index (κ1) is 15.5. The summed E-state index contributed by atoms with van der Waals surface area (Å²) in [6.07, 6.45) is 0.396. The van der Waals surface area contributed by atoms with E-state index in [1.54, 1.807) is 11.8 Å². The van der Waals surface area contributed by atoms with E-state index in [0.717, 1.165) is 15.4 Å². The lowest BCUT2D eigenvalue weighted by Gasteiger charge is -2.12. The molecule has 0 aromatic heterocycles. The zero-order valence-corrected chi connectivity index (χ0v) is 13.1. The van der Waals surface area contributed by atoms with E-state index < -0.39 is 11.6 Å². The van der Waals surface area contributed by atoms with Gasteiger partial charge in [-0.05, 0) is 36.2 Å². The lowest BCUT2D eigenvalue weighted by Crippen LogP contribution is -2.26. The Morgan fingerprint density at radius 2 is 1.95 bits per heavy atom. The monoisotopic (exact) mass is 357 g/mol. The molecule has 2 aromatic carbocycles. The van der Waals surface area contributed by atoms with E-state index in [4.69, 9.17) is 5.73 Å². The molecule has 2 rings (SSSR count). The van der Waals surface area contributed by atoms with Gasteiger partial charge in [0.1, 0.15) is 11.6 Å². The molecule has 0 radical (unpaired) electrons. The molecule has 0 aliphatic rings. The molecule has 0 bridgehead atoms. The molecule has 0 saturated heterocycles. The van der Waals surface area contributed by atoms with Crippen molar-refractivity contribution in [3.8, 4) is 0 Å². The lowest BCUT2D eigenvalue weighted by atomic mass is 10.1.